The molecule has 1 heterocycles. The summed E-state index contributed by atoms with van der Waals surface area (Å²) in [5.41, 5.74) is 1.23. The van der Waals surface area contributed by atoms with E-state index in [1.807, 2.05) is 0 Å². The molecule has 3 nitrogen and oxygen atoms in total. The zero-order valence-electron chi connectivity index (χ0n) is 11.1. The fraction of sp³-hybridized carbons (Fsp3) is 0.0667. The van der Waals surface area contributed by atoms with Gasteiger partial charge in [0, 0.05) is 0 Å². The van der Waals surface area contributed by atoms with Gasteiger partial charge in [0.25, 0.3) is 0 Å². The molecule has 0 fully saturated rings. The van der Waals surface area contributed by atoms with Gasteiger partial charge in [-0.2, -0.15) is 0 Å². The number of nitrogens with zero attached hydrogens (tertiary/aromatic N) is 2. The molecule has 0 bridgehead atoms. The second-order valence-electron chi connectivity index (χ2n) is 4.78. The Balaban J connectivity index is 2.27. The van der Waals surface area contributed by atoms with Crippen molar-refractivity contribution in [1.82, 2.24) is 7.36 Å². The molecular weight excluding hydrogens is 486 g/mol. The van der Waals surface area contributed by atoms with Crippen LogP contribution < -0.4 is 0 Å². The van der Waals surface area contributed by atoms with Gasteiger partial charge in [-0.3, -0.25) is 0 Å². The van der Waals surface area contributed by atoms with E-state index in [4.69, 9.17) is 0 Å². The van der Waals surface area contributed by atoms with Crippen molar-refractivity contribution >= 4 is 43.4 Å². The van der Waals surface area contributed by atoms with Gasteiger partial charge < -0.3 is 0 Å². The van der Waals surface area contributed by atoms with Crippen molar-refractivity contribution in [3.05, 3.63) is 53.9 Å². The van der Waals surface area contributed by atoms with E-state index in [1.165, 1.54) is 30.3 Å². The summed E-state index contributed by atoms with van der Waals surface area (Å²) < 4.78 is 41.8. The second-order valence-corrected chi connectivity index (χ2v) is 6.94. The molecule has 7 heteroatoms. The summed E-state index contributed by atoms with van der Waals surface area (Å²) in [6.45, 7) is 0. The van der Waals surface area contributed by atoms with Gasteiger partial charge in [-0.1, -0.05) is 0 Å². The molecule has 1 aromatic heterocycles. The molecule has 3 rings (SSSR count). The van der Waals surface area contributed by atoms with Crippen LogP contribution in [0, 0.1) is 0 Å². The van der Waals surface area contributed by atoms with Crippen LogP contribution in [-0.2, 0) is 6.18 Å². The Morgan fingerprint density at radius 3 is 2.41 bits per heavy atom. The minimum atomic E-state index is -4.46. The molecule has 108 valence electrons. The molecular formula is C15H8F3N2OTl. The van der Waals surface area contributed by atoms with Crippen molar-refractivity contribution in [2.24, 2.45) is 0 Å². The first-order valence-corrected chi connectivity index (χ1v) is 8.30. The van der Waals surface area contributed by atoms with Crippen molar-refractivity contribution in [1.29, 1.82) is 0 Å². The van der Waals surface area contributed by atoms with E-state index in [2.05, 4.69) is 4.98 Å². The molecule has 2 aromatic carbocycles. The first-order valence-electron chi connectivity index (χ1n) is 6.29. The number of imidazole rings is 1. The van der Waals surface area contributed by atoms with E-state index in [9.17, 15) is 18.0 Å². The quantitative estimate of drug-likeness (QED) is 0.405. The van der Waals surface area contributed by atoms with Crippen LogP contribution in [0.3, 0.4) is 0 Å². The third-order valence-electron chi connectivity index (χ3n) is 3.38. The average molecular weight is 494 g/mol. The van der Waals surface area contributed by atoms with Crippen LogP contribution in [0.15, 0.2) is 42.7 Å². The summed E-state index contributed by atoms with van der Waals surface area (Å²) in [6, 6.07) is 8.62. The topological polar surface area (TPSA) is 34.9 Å². The normalized spacial score (nSPS) is 11.7. The van der Waals surface area contributed by atoms with Crippen LogP contribution in [-0.4, -0.2) is 39.7 Å². The van der Waals surface area contributed by atoms with E-state index >= 15 is 0 Å². The Morgan fingerprint density at radius 1 is 1.14 bits per heavy atom. The number of carbonyl (C=O) groups is 1. The Kier molecular flexibility index (Phi) is 3.79. The van der Waals surface area contributed by atoms with E-state index < -0.39 is 11.7 Å². The molecule has 0 amide bonds. The summed E-state index contributed by atoms with van der Waals surface area (Å²) in [5, 5.41) is 0. The number of halogens is 3. The number of benzene rings is 2. The van der Waals surface area contributed by atoms with Crippen LogP contribution in [0.1, 0.15) is 15.9 Å². The third kappa shape index (κ3) is 2.67. The molecule has 0 unspecified atom stereocenters. The van der Waals surface area contributed by atoms with Crippen molar-refractivity contribution in [2.45, 2.75) is 6.18 Å². The van der Waals surface area contributed by atoms with Gasteiger partial charge in [0.2, 0.25) is 0 Å². The molecule has 3 aromatic rings. The van der Waals surface area contributed by atoms with Crippen molar-refractivity contribution in [2.75, 3.05) is 0 Å². The average Bonchev–Trinajstić information content (AvgIpc) is 2.86. The molecule has 0 N–H and O–H groups in total. The van der Waals surface area contributed by atoms with Gasteiger partial charge >= 0.3 is 140 Å². The van der Waals surface area contributed by atoms with Crippen molar-refractivity contribution in [3.8, 4) is 11.1 Å². The fourth-order valence-corrected chi connectivity index (χ4v) is 3.35. The number of aldehydes is 1. The fourth-order valence-electron chi connectivity index (χ4n) is 2.29. The molecule has 0 saturated heterocycles. The summed E-state index contributed by atoms with van der Waals surface area (Å²) in [4.78, 5) is 14.8. The van der Waals surface area contributed by atoms with Gasteiger partial charge in [0.15, 0.2) is 0 Å². The number of fused-ring (bicyclic) bond motifs is 1. The minimum absolute atomic E-state index is 0.0705. The molecule has 0 aliphatic heterocycles. The zero-order chi connectivity index (χ0) is 15.9. The molecule has 0 radical (unpaired) electrons. The SMILES string of the molecule is O=Cc1ccc(-c2cc3nc[n]([Tl])c3cc2C(F)(F)F)cc1. The number of aromatic nitrogens is 2. The van der Waals surface area contributed by atoms with Gasteiger partial charge in [0.05, 0.1) is 0 Å². The molecule has 22 heavy (non-hydrogen) atoms. The number of rotatable bonds is 2. The van der Waals surface area contributed by atoms with Gasteiger partial charge in [0.1, 0.15) is 0 Å². The molecule has 0 spiro atoms. The Morgan fingerprint density at radius 2 is 1.82 bits per heavy atom. The van der Waals surface area contributed by atoms with Gasteiger partial charge in [-0.05, 0) is 0 Å². The van der Waals surface area contributed by atoms with E-state index in [0.29, 0.717) is 54.5 Å². The second kappa shape index (κ2) is 5.49. The number of carbonyl (C=O) groups excluding carboxylic acids is 1. The Labute approximate surface area is 139 Å². The standard InChI is InChI=1S/C15H9F3N2O.Tl/c16-15(17,18)12-6-14-13(19-8-20-14)5-11(12)10-3-1-9(7-21)2-4-10;/h1-8H,(H,19,20,21);/q;+1/p-1. The molecule has 0 aliphatic rings. The summed E-state index contributed by atoms with van der Waals surface area (Å²) in [7, 11) is 0. The van der Waals surface area contributed by atoms with Crippen LogP contribution in [0.2, 0.25) is 0 Å². The Hall–Kier alpha value is -1.71. The predicted octanol–water partition coefficient (Wildman–Crippen LogP) is 3.47. The van der Waals surface area contributed by atoms with Crippen molar-refractivity contribution < 1.29 is 18.0 Å². The van der Waals surface area contributed by atoms with E-state index in [1.54, 1.807) is 8.70 Å². The summed E-state index contributed by atoms with van der Waals surface area (Å²) in [5.74, 6) is 0. The number of hydrogen-bond acceptors (Lipinski definition) is 2. The predicted molar refractivity (Wildman–Crippen MR) is 76.7 cm³/mol. The van der Waals surface area contributed by atoms with Crippen LogP contribution in [0.25, 0.3) is 22.2 Å². The third-order valence-corrected chi connectivity index (χ3v) is 4.98. The van der Waals surface area contributed by atoms with Gasteiger partial charge in [-0.25, -0.2) is 0 Å². The first kappa shape index (κ1) is 15.2. The zero-order valence-corrected chi connectivity index (χ0v) is 15.6. The molecule has 0 saturated carbocycles. The van der Waals surface area contributed by atoms with E-state index in [-0.39, 0.29) is 5.56 Å². The van der Waals surface area contributed by atoms with Crippen LogP contribution in [0.5, 0.6) is 0 Å². The maximum atomic E-state index is 13.4. The van der Waals surface area contributed by atoms with Crippen molar-refractivity contribution in [3.63, 3.8) is 0 Å². The van der Waals surface area contributed by atoms with Gasteiger partial charge in [-0.15, -0.1) is 0 Å². The van der Waals surface area contributed by atoms with Crippen LogP contribution in [0.4, 0.5) is 13.2 Å². The number of alkyl halides is 3. The maximum absolute atomic E-state index is 13.4. The van der Waals surface area contributed by atoms with Crippen LogP contribution >= 0.6 is 0 Å². The Bertz CT molecular complexity index is 854. The molecule has 0 atom stereocenters. The summed E-state index contributed by atoms with van der Waals surface area (Å²) in [6.07, 6.45) is -2.25. The monoisotopic (exact) mass is 494 g/mol. The first-order chi connectivity index (χ1) is 10.4. The molecule has 0 aliphatic carbocycles. The summed E-state index contributed by atoms with van der Waals surface area (Å²) >= 11 is 0.341. The van der Waals surface area contributed by atoms with E-state index in [0.717, 1.165) is 6.07 Å². The number of hydrogen-bond donors (Lipinski definition) is 0.